The van der Waals surface area contributed by atoms with Gasteiger partial charge in [0.25, 0.3) is 0 Å². The summed E-state index contributed by atoms with van der Waals surface area (Å²) in [5.41, 5.74) is 2.72. The van der Waals surface area contributed by atoms with Gasteiger partial charge in [-0.1, -0.05) is 0 Å². The number of nitrogens with zero attached hydrogens (tertiary/aromatic N) is 6. The Morgan fingerprint density at radius 2 is 0.947 bits per heavy atom. The zero-order chi connectivity index (χ0) is 12.9. The molecule has 6 nitrogen and oxygen atoms in total. The van der Waals surface area contributed by atoms with Crippen LogP contribution in [0.25, 0.3) is 0 Å². The molecule has 0 bridgehead atoms. The van der Waals surface area contributed by atoms with Gasteiger partial charge in [-0.2, -0.15) is 0 Å². The molecule has 0 N–H and O–H groups in total. The zero-order valence-corrected chi connectivity index (χ0v) is 10.7. The Morgan fingerprint density at radius 1 is 0.579 bits per heavy atom. The molecule has 0 fully saturated rings. The molecule has 0 spiro atoms. The van der Waals surface area contributed by atoms with E-state index in [1.807, 2.05) is 18.2 Å². The van der Waals surface area contributed by atoms with Gasteiger partial charge in [-0.15, -0.1) is 0 Å². The number of hydrogen-bond donors (Lipinski definition) is 0. The SMILES string of the molecule is c1cc(P(c2ccncn2)c2ccncn2)ncn1. The standard InChI is InChI=1S/C12H9N6P/c1-4-13-7-16-10(1)19(11-2-5-14-8-17-11)12-3-6-15-9-18-12/h1-9H. The average Bonchev–Trinajstić information content (AvgIpc) is 2.51. The van der Waals surface area contributed by atoms with Gasteiger partial charge in [-0.25, -0.2) is 29.9 Å². The molecule has 3 rings (SSSR count). The summed E-state index contributed by atoms with van der Waals surface area (Å²) < 4.78 is 0. The van der Waals surface area contributed by atoms with Gasteiger partial charge in [0.05, 0.1) is 16.3 Å². The molecule has 0 aliphatic carbocycles. The van der Waals surface area contributed by atoms with Gasteiger partial charge in [0.2, 0.25) is 0 Å². The van der Waals surface area contributed by atoms with Crippen molar-refractivity contribution in [2.24, 2.45) is 0 Å². The van der Waals surface area contributed by atoms with Crippen LogP contribution < -0.4 is 16.3 Å². The molecule has 0 aliphatic heterocycles. The molecule has 3 aromatic heterocycles. The lowest BCUT2D eigenvalue weighted by molar-refractivity contribution is 1.18. The van der Waals surface area contributed by atoms with Crippen molar-refractivity contribution in [3.8, 4) is 0 Å². The van der Waals surface area contributed by atoms with Crippen molar-refractivity contribution < 1.29 is 0 Å². The van der Waals surface area contributed by atoms with Gasteiger partial charge in [-0.05, 0) is 18.2 Å². The Bertz CT molecular complexity index is 540. The van der Waals surface area contributed by atoms with E-state index in [4.69, 9.17) is 0 Å². The Morgan fingerprint density at radius 3 is 1.21 bits per heavy atom. The minimum absolute atomic E-state index is 0.899. The molecule has 92 valence electrons. The first-order valence-electron chi connectivity index (χ1n) is 5.53. The van der Waals surface area contributed by atoms with Gasteiger partial charge in [0.1, 0.15) is 19.0 Å². The summed E-state index contributed by atoms with van der Waals surface area (Å²) in [5, 5.41) is 0. The van der Waals surface area contributed by atoms with Crippen LogP contribution in [0.3, 0.4) is 0 Å². The normalized spacial score (nSPS) is 10.6. The largest absolute Gasteiger partial charge is 0.245 e. The molecule has 0 radical (unpaired) electrons. The van der Waals surface area contributed by atoms with Crippen LogP contribution in [0.1, 0.15) is 0 Å². The molecule has 0 atom stereocenters. The Hall–Kier alpha value is -2.33. The first-order valence-corrected chi connectivity index (χ1v) is 6.87. The highest BCUT2D eigenvalue weighted by molar-refractivity contribution is 7.79. The second kappa shape index (κ2) is 5.54. The molecule has 3 aromatic rings. The summed E-state index contributed by atoms with van der Waals surface area (Å²) >= 11 is 0. The van der Waals surface area contributed by atoms with Crippen molar-refractivity contribution in [3.63, 3.8) is 0 Å². The maximum atomic E-state index is 4.33. The molecule has 0 unspecified atom stereocenters. The first-order chi connectivity index (χ1) is 9.45. The minimum Gasteiger partial charge on any atom is -0.245 e. The summed E-state index contributed by atoms with van der Waals surface area (Å²) in [6, 6.07) is 5.65. The maximum Gasteiger partial charge on any atom is 0.116 e. The third-order valence-electron chi connectivity index (χ3n) is 2.39. The van der Waals surface area contributed by atoms with E-state index in [-0.39, 0.29) is 0 Å². The number of aromatic nitrogens is 6. The van der Waals surface area contributed by atoms with Gasteiger partial charge in [-0.3, -0.25) is 0 Å². The van der Waals surface area contributed by atoms with E-state index in [0.717, 1.165) is 16.3 Å². The summed E-state index contributed by atoms with van der Waals surface area (Å²) in [6.07, 6.45) is 9.77. The fourth-order valence-electron chi connectivity index (χ4n) is 1.60. The van der Waals surface area contributed by atoms with E-state index < -0.39 is 7.92 Å². The van der Waals surface area contributed by atoms with Crippen LogP contribution in [-0.2, 0) is 0 Å². The molecule has 0 saturated heterocycles. The zero-order valence-electron chi connectivity index (χ0n) is 9.83. The summed E-state index contributed by atoms with van der Waals surface area (Å²) in [7, 11) is -0.899. The fourth-order valence-corrected chi connectivity index (χ4v) is 3.45. The Kier molecular flexibility index (Phi) is 3.42. The molecular weight excluding hydrogens is 259 g/mol. The van der Waals surface area contributed by atoms with Crippen LogP contribution in [0, 0.1) is 0 Å². The van der Waals surface area contributed by atoms with Crippen LogP contribution in [-0.4, -0.2) is 29.9 Å². The second-order valence-corrected chi connectivity index (χ2v) is 5.58. The van der Waals surface area contributed by atoms with E-state index >= 15 is 0 Å². The van der Waals surface area contributed by atoms with E-state index in [0.29, 0.717) is 0 Å². The monoisotopic (exact) mass is 268 g/mol. The van der Waals surface area contributed by atoms with Crippen molar-refractivity contribution in [1.29, 1.82) is 0 Å². The van der Waals surface area contributed by atoms with Gasteiger partial charge >= 0.3 is 0 Å². The molecule has 0 aromatic carbocycles. The summed E-state index contributed by atoms with van der Waals surface area (Å²) in [4.78, 5) is 24.8. The topological polar surface area (TPSA) is 77.3 Å². The molecule has 19 heavy (non-hydrogen) atoms. The van der Waals surface area contributed by atoms with Gasteiger partial charge in [0, 0.05) is 26.5 Å². The predicted molar refractivity (Wildman–Crippen MR) is 71.9 cm³/mol. The van der Waals surface area contributed by atoms with Crippen molar-refractivity contribution in [3.05, 3.63) is 55.8 Å². The number of hydrogen-bond acceptors (Lipinski definition) is 6. The van der Waals surface area contributed by atoms with Crippen molar-refractivity contribution in [2.45, 2.75) is 0 Å². The van der Waals surface area contributed by atoms with E-state index in [9.17, 15) is 0 Å². The highest BCUT2D eigenvalue weighted by atomic mass is 31.1. The minimum atomic E-state index is -0.899. The van der Waals surface area contributed by atoms with E-state index in [2.05, 4.69) is 29.9 Å². The lowest BCUT2D eigenvalue weighted by Crippen LogP contribution is -2.26. The summed E-state index contributed by atoms with van der Waals surface area (Å²) in [6.45, 7) is 0. The van der Waals surface area contributed by atoms with Crippen LogP contribution in [0.4, 0.5) is 0 Å². The second-order valence-electron chi connectivity index (χ2n) is 3.54. The number of rotatable bonds is 3. The fraction of sp³-hybridized carbons (Fsp3) is 0. The van der Waals surface area contributed by atoms with Crippen molar-refractivity contribution in [1.82, 2.24) is 29.9 Å². The van der Waals surface area contributed by atoms with E-state index in [1.165, 1.54) is 19.0 Å². The molecule has 0 amide bonds. The maximum absolute atomic E-state index is 4.33. The van der Waals surface area contributed by atoms with Crippen LogP contribution in [0.5, 0.6) is 0 Å². The van der Waals surface area contributed by atoms with Gasteiger partial charge in [0.15, 0.2) is 0 Å². The van der Waals surface area contributed by atoms with Crippen molar-refractivity contribution >= 4 is 24.2 Å². The molecule has 7 heteroatoms. The molecular formula is C12H9N6P. The van der Waals surface area contributed by atoms with Crippen LogP contribution >= 0.6 is 7.92 Å². The Labute approximate surface area is 110 Å². The quantitative estimate of drug-likeness (QED) is 0.613. The predicted octanol–water partition coefficient (Wildman–Crippen LogP) is -0.185. The highest BCUT2D eigenvalue weighted by Crippen LogP contribution is 2.28. The molecule has 0 aliphatic rings. The third kappa shape index (κ3) is 2.58. The summed E-state index contributed by atoms with van der Waals surface area (Å²) in [5.74, 6) is 0. The van der Waals surface area contributed by atoms with Crippen molar-refractivity contribution in [2.75, 3.05) is 0 Å². The van der Waals surface area contributed by atoms with E-state index in [1.54, 1.807) is 18.6 Å². The first kappa shape index (κ1) is 11.7. The molecule has 0 saturated carbocycles. The lowest BCUT2D eigenvalue weighted by atomic mass is 10.7. The third-order valence-corrected chi connectivity index (χ3v) is 4.55. The van der Waals surface area contributed by atoms with Gasteiger partial charge < -0.3 is 0 Å². The highest BCUT2D eigenvalue weighted by Gasteiger charge is 2.20. The average molecular weight is 268 g/mol. The Balaban J connectivity index is 2.12. The van der Waals surface area contributed by atoms with Crippen LogP contribution in [0.15, 0.2) is 55.8 Å². The lowest BCUT2D eigenvalue weighted by Gasteiger charge is -2.14. The molecule has 3 heterocycles. The smallest absolute Gasteiger partial charge is 0.116 e. The van der Waals surface area contributed by atoms with Crippen LogP contribution in [0.2, 0.25) is 0 Å².